The third-order valence-corrected chi connectivity index (χ3v) is 10.3. The molecule has 8 atom stereocenters. The molecule has 3 fully saturated rings. The van der Waals surface area contributed by atoms with E-state index in [9.17, 15) is 15.0 Å². The van der Waals surface area contributed by atoms with Crippen LogP contribution < -0.4 is 0 Å². The monoisotopic (exact) mass is 416 g/mol. The summed E-state index contributed by atoms with van der Waals surface area (Å²) in [6, 6.07) is 0. The number of aliphatic hydroxyl groups excluding tert-OH is 1. The maximum Gasteiger partial charge on any atom is 0.155 e. The molecule has 3 saturated carbocycles. The summed E-state index contributed by atoms with van der Waals surface area (Å²) in [5, 5.41) is 22.3. The van der Waals surface area contributed by atoms with E-state index in [0.29, 0.717) is 35.4 Å². The Morgan fingerprint density at radius 3 is 2.63 bits per heavy atom. The second kappa shape index (κ2) is 8.03. The van der Waals surface area contributed by atoms with E-state index in [1.807, 2.05) is 6.08 Å². The van der Waals surface area contributed by atoms with Gasteiger partial charge in [0.05, 0.1) is 5.60 Å². The van der Waals surface area contributed by atoms with E-state index in [4.69, 9.17) is 0 Å². The van der Waals surface area contributed by atoms with E-state index in [1.54, 1.807) is 0 Å². The topological polar surface area (TPSA) is 57.5 Å². The van der Waals surface area contributed by atoms with Crippen LogP contribution in [0.2, 0.25) is 0 Å². The smallest absolute Gasteiger partial charge is 0.155 e. The summed E-state index contributed by atoms with van der Waals surface area (Å²) in [4.78, 5) is 12.0. The van der Waals surface area contributed by atoms with Gasteiger partial charge in [-0.05, 0) is 98.9 Å². The Kier molecular flexibility index (Phi) is 6.03. The lowest BCUT2D eigenvalue weighted by Crippen LogP contribution is -2.56. The molecule has 0 aromatic heterocycles. The molecule has 2 N–H and O–H groups in total. The first-order valence-electron chi connectivity index (χ1n) is 12.7. The standard InChI is InChI=1S/C27H44O3/c1-18(2)6-5-13-26(4,30)24-10-9-23-21-8-7-19-16-20(29)11-14-25(19,3)22(21)12-15-27(23,24)17-28/h11,14,18-19,21-24,28,30H,5-10,12-13,15-17H2,1-4H3/t19-,21+,22-,23-,24+,25-,26-,27+/m0/s1. The molecule has 0 spiro atoms. The summed E-state index contributed by atoms with van der Waals surface area (Å²) in [5.74, 6) is 3.44. The van der Waals surface area contributed by atoms with Crippen LogP contribution in [0.4, 0.5) is 0 Å². The van der Waals surface area contributed by atoms with Crippen LogP contribution in [0.3, 0.4) is 0 Å². The first kappa shape index (κ1) is 22.5. The van der Waals surface area contributed by atoms with Gasteiger partial charge in [-0.15, -0.1) is 0 Å². The number of ketones is 1. The Balaban J connectivity index is 1.56. The third kappa shape index (κ3) is 3.52. The highest BCUT2D eigenvalue weighted by Gasteiger charge is 2.63. The van der Waals surface area contributed by atoms with E-state index >= 15 is 0 Å². The largest absolute Gasteiger partial charge is 0.396 e. The molecule has 4 rings (SSSR count). The quantitative estimate of drug-likeness (QED) is 0.598. The number of carbonyl (C=O) groups excluding carboxylic acids is 1. The summed E-state index contributed by atoms with van der Waals surface area (Å²) in [5.41, 5.74) is -0.659. The van der Waals surface area contributed by atoms with Gasteiger partial charge < -0.3 is 10.2 Å². The predicted octanol–water partition coefficient (Wildman–Crippen LogP) is 5.54. The number of rotatable bonds is 6. The number of allylic oxidation sites excluding steroid dienone is 2. The lowest BCUT2D eigenvalue weighted by atomic mass is 9.45. The molecule has 0 radical (unpaired) electrons. The maximum absolute atomic E-state index is 12.0. The van der Waals surface area contributed by atoms with Crippen molar-refractivity contribution in [2.24, 2.45) is 46.3 Å². The number of carbonyl (C=O) groups is 1. The Morgan fingerprint density at radius 1 is 1.17 bits per heavy atom. The van der Waals surface area contributed by atoms with Gasteiger partial charge in [-0.25, -0.2) is 0 Å². The Hall–Kier alpha value is -0.670. The van der Waals surface area contributed by atoms with Crippen molar-refractivity contribution < 1.29 is 15.0 Å². The van der Waals surface area contributed by atoms with Crippen molar-refractivity contribution in [2.75, 3.05) is 6.61 Å². The molecule has 3 nitrogen and oxygen atoms in total. The second-order valence-corrected chi connectivity index (χ2v) is 12.2. The number of hydrogen-bond acceptors (Lipinski definition) is 3. The van der Waals surface area contributed by atoms with E-state index < -0.39 is 5.60 Å². The van der Waals surface area contributed by atoms with Gasteiger partial charge in [0, 0.05) is 18.4 Å². The van der Waals surface area contributed by atoms with Crippen LogP contribution >= 0.6 is 0 Å². The van der Waals surface area contributed by atoms with Crippen molar-refractivity contribution in [1.82, 2.24) is 0 Å². The zero-order chi connectivity index (χ0) is 21.7. The van der Waals surface area contributed by atoms with E-state index in [1.165, 1.54) is 6.42 Å². The van der Waals surface area contributed by atoms with Gasteiger partial charge in [-0.1, -0.05) is 39.7 Å². The zero-order valence-corrected chi connectivity index (χ0v) is 19.7. The first-order chi connectivity index (χ1) is 14.1. The minimum Gasteiger partial charge on any atom is -0.396 e. The van der Waals surface area contributed by atoms with E-state index in [2.05, 4.69) is 33.8 Å². The highest BCUT2D eigenvalue weighted by molar-refractivity contribution is 5.91. The molecule has 4 aliphatic carbocycles. The van der Waals surface area contributed by atoms with Crippen molar-refractivity contribution in [1.29, 1.82) is 0 Å². The molecule has 3 heteroatoms. The van der Waals surface area contributed by atoms with Gasteiger partial charge >= 0.3 is 0 Å². The summed E-state index contributed by atoms with van der Waals surface area (Å²) in [7, 11) is 0. The lowest BCUT2D eigenvalue weighted by Gasteiger charge is -2.60. The molecule has 0 aliphatic heterocycles. The lowest BCUT2D eigenvalue weighted by molar-refractivity contribution is -0.145. The molecule has 0 aromatic rings. The van der Waals surface area contributed by atoms with Crippen molar-refractivity contribution in [3.8, 4) is 0 Å². The van der Waals surface area contributed by atoms with Gasteiger partial charge in [0.15, 0.2) is 5.78 Å². The average molecular weight is 417 g/mol. The summed E-state index contributed by atoms with van der Waals surface area (Å²) >= 11 is 0. The number of fused-ring (bicyclic) bond motifs is 5. The van der Waals surface area contributed by atoms with E-state index in [-0.39, 0.29) is 23.4 Å². The van der Waals surface area contributed by atoms with Crippen LogP contribution in [0.25, 0.3) is 0 Å². The maximum atomic E-state index is 12.0. The van der Waals surface area contributed by atoms with Crippen molar-refractivity contribution >= 4 is 5.78 Å². The molecular weight excluding hydrogens is 372 g/mol. The average Bonchev–Trinajstić information content (AvgIpc) is 3.09. The molecular formula is C27H44O3. The van der Waals surface area contributed by atoms with Crippen LogP contribution in [-0.4, -0.2) is 28.2 Å². The third-order valence-electron chi connectivity index (χ3n) is 10.3. The SMILES string of the molecule is CC(C)CCC[C@](C)(O)[C@H]1CC[C@H]2[C@@H]3CC[C@H]4CC(=O)C=C[C@]4(C)[C@H]3CC[C@@]21CO. The van der Waals surface area contributed by atoms with Gasteiger partial charge in [0.1, 0.15) is 0 Å². The minimum absolute atomic E-state index is 0.111. The fraction of sp³-hybridized carbons (Fsp3) is 0.889. The Morgan fingerprint density at radius 2 is 1.93 bits per heavy atom. The van der Waals surface area contributed by atoms with Crippen molar-refractivity contribution in [2.45, 2.75) is 97.5 Å². The molecule has 0 bridgehead atoms. The van der Waals surface area contributed by atoms with Crippen molar-refractivity contribution in [3.05, 3.63) is 12.2 Å². The fourth-order valence-electron chi connectivity index (χ4n) is 8.72. The summed E-state index contributed by atoms with van der Waals surface area (Å²) in [6.45, 7) is 9.18. The molecule has 0 unspecified atom stereocenters. The van der Waals surface area contributed by atoms with E-state index in [0.717, 1.165) is 57.8 Å². The summed E-state index contributed by atoms with van der Waals surface area (Å²) in [6.07, 6.45) is 14.6. The van der Waals surface area contributed by atoms with Crippen LogP contribution in [0.5, 0.6) is 0 Å². The van der Waals surface area contributed by atoms with Gasteiger partial charge in [-0.2, -0.15) is 0 Å². The molecule has 0 amide bonds. The fourth-order valence-corrected chi connectivity index (χ4v) is 8.72. The molecule has 4 aliphatic rings. The molecule has 0 saturated heterocycles. The Labute approximate surface area is 183 Å². The minimum atomic E-state index is -0.683. The predicted molar refractivity (Wildman–Crippen MR) is 121 cm³/mol. The number of aliphatic hydroxyl groups is 2. The van der Waals surface area contributed by atoms with Crippen LogP contribution in [-0.2, 0) is 4.79 Å². The van der Waals surface area contributed by atoms with Gasteiger partial charge in [-0.3, -0.25) is 4.79 Å². The van der Waals surface area contributed by atoms with Crippen LogP contribution in [0.15, 0.2) is 12.2 Å². The van der Waals surface area contributed by atoms with Crippen LogP contribution in [0, 0.1) is 46.3 Å². The molecule has 0 heterocycles. The Bertz CT molecular complexity index is 680. The van der Waals surface area contributed by atoms with Crippen LogP contribution in [0.1, 0.15) is 91.9 Å². The highest BCUT2D eigenvalue weighted by Crippen LogP contribution is 2.68. The highest BCUT2D eigenvalue weighted by atomic mass is 16.3. The normalized spacial score (nSPS) is 45.0. The second-order valence-electron chi connectivity index (χ2n) is 12.2. The molecule has 30 heavy (non-hydrogen) atoms. The van der Waals surface area contributed by atoms with Gasteiger partial charge in [0.2, 0.25) is 0 Å². The molecule has 0 aromatic carbocycles. The zero-order valence-electron chi connectivity index (χ0n) is 19.7. The van der Waals surface area contributed by atoms with Gasteiger partial charge in [0.25, 0.3) is 0 Å². The first-order valence-corrected chi connectivity index (χ1v) is 12.7. The summed E-state index contributed by atoms with van der Waals surface area (Å²) < 4.78 is 0. The molecule has 170 valence electrons. The number of hydrogen-bond donors (Lipinski definition) is 2. The van der Waals surface area contributed by atoms with Crippen molar-refractivity contribution in [3.63, 3.8) is 0 Å².